The van der Waals surface area contributed by atoms with Gasteiger partial charge in [-0.15, -0.1) is 0 Å². The van der Waals surface area contributed by atoms with E-state index in [-0.39, 0.29) is 19.1 Å². The summed E-state index contributed by atoms with van der Waals surface area (Å²) in [5, 5.41) is 10.7. The van der Waals surface area contributed by atoms with E-state index in [0.717, 1.165) is 49.4 Å². The van der Waals surface area contributed by atoms with Crippen LogP contribution < -0.4 is 9.80 Å². The lowest BCUT2D eigenvalue weighted by molar-refractivity contribution is -0.138. The van der Waals surface area contributed by atoms with Gasteiger partial charge in [0.15, 0.2) is 0 Å². The molecule has 3 heterocycles. The van der Waals surface area contributed by atoms with Gasteiger partial charge in [0.2, 0.25) is 0 Å². The molecule has 0 bridgehead atoms. The molecule has 30 heavy (non-hydrogen) atoms. The molecule has 0 spiro atoms. The molecule has 162 valence electrons. The molecule has 2 aromatic rings. The van der Waals surface area contributed by atoms with Crippen LogP contribution in [0.15, 0.2) is 18.2 Å². The SMILES string of the molecule is O=C(O)CCOC[C@@H]1CCCN1c1cc(N2CCOCC2)c2ccc(Cl)c(Cl)c2n1. The van der Waals surface area contributed by atoms with Crippen molar-refractivity contribution in [1.29, 1.82) is 0 Å². The number of aliphatic carboxylic acids is 1. The molecule has 1 aromatic heterocycles. The third kappa shape index (κ3) is 4.59. The molecule has 1 N–H and O–H groups in total. The van der Waals surface area contributed by atoms with Gasteiger partial charge in [0, 0.05) is 31.1 Å². The smallest absolute Gasteiger partial charge is 0.305 e. The van der Waals surface area contributed by atoms with Crippen LogP contribution in [-0.4, -0.2) is 68.2 Å². The quantitative estimate of drug-likeness (QED) is 0.638. The normalized spacial score (nSPS) is 19.6. The lowest BCUT2D eigenvalue weighted by Gasteiger charge is -2.32. The van der Waals surface area contributed by atoms with Crippen LogP contribution in [0.3, 0.4) is 0 Å². The van der Waals surface area contributed by atoms with E-state index < -0.39 is 5.97 Å². The number of nitrogens with zero attached hydrogens (tertiary/aromatic N) is 3. The Bertz CT molecular complexity index is 921. The number of hydrogen-bond donors (Lipinski definition) is 1. The van der Waals surface area contributed by atoms with E-state index in [4.69, 9.17) is 42.8 Å². The predicted molar refractivity (Wildman–Crippen MR) is 118 cm³/mol. The second-order valence-corrected chi connectivity index (χ2v) is 8.35. The Hall–Kier alpha value is -1.80. The third-order valence-electron chi connectivity index (χ3n) is 5.63. The molecule has 0 aliphatic carbocycles. The molecule has 0 amide bonds. The second kappa shape index (κ2) is 9.56. The number of morpholine rings is 1. The van der Waals surface area contributed by atoms with E-state index in [1.807, 2.05) is 12.1 Å². The minimum Gasteiger partial charge on any atom is -0.481 e. The molecule has 0 unspecified atom stereocenters. The van der Waals surface area contributed by atoms with E-state index >= 15 is 0 Å². The van der Waals surface area contributed by atoms with Crippen LogP contribution in [0.5, 0.6) is 0 Å². The summed E-state index contributed by atoms with van der Waals surface area (Å²) in [5.41, 5.74) is 1.77. The molecule has 2 aliphatic heterocycles. The Balaban J connectivity index is 1.65. The zero-order chi connectivity index (χ0) is 21.1. The van der Waals surface area contributed by atoms with Crippen LogP contribution in [0.2, 0.25) is 10.0 Å². The molecule has 9 heteroatoms. The maximum Gasteiger partial charge on any atom is 0.305 e. The molecular weight excluding hydrogens is 429 g/mol. The molecule has 2 saturated heterocycles. The number of carboxylic acid groups (broad SMARTS) is 1. The third-order valence-corrected chi connectivity index (χ3v) is 6.43. The van der Waals surface area contributed by atoms with Crippen molar-refractivity contribution in [3.8, 4) is 0 Å². The van der Waals surface area contributed by atoms with Gasteiger partial charge in [-0.25, -0.2) is 4.98 Å². The molecule has 2 fully saturated rings. The Morgan fingerprint density at radius 2 is 2.07 bits per heavy atom. The van der Waals surface area contributed by atoms with Gasteiger partial charge >= 0.3 is 5.97 Å². The van der Waals surface area contributed by atoms with Gasteiger partial charge in [0.05, 0.1) is 60.1 Å². The topological polar surface area (TPSA) is 75.1 Å². The summed E-state index contributed by atoms with van der Waals surface area (Å²) in [6, 6.07) is 6.06. The van der Waals surface area contributed by atoms with E-state index in [0.29, 0.717) is 35.4 Å². The van der Waals surface area contributed by atoms with Crippen molar-refractivity contribution in [2.45, 2.75) is 25.3 Å². The fourth-order valence-corrected chi connectivity index (χ4v) is 4.46. The summed E-state index contributed by atoms with van der Waals surface area (Å²) in [5.74, 6) is -0.00589. The number of carboxylic acids is 1. The number of ether oxygens (including phenoxy) is 2. The monoisotopic (exact) mass is 453 g/mol. The highest BCUT2D eigenvalue weighted by molar-refractivity contribution is 6.45. The van der Waals surface area contributed by atoms with Crippen LogP contribution >= 0.6 is 23.2 Å². The molecular formula is C21H25Cl2N3O4. The van der Waals surface area contributed by atoms with Gasteiger partial charge in [-0.1, -0.05) is 23.2 Å². The molecule has 4 rings (SSSR count). The molecule has 7 nitrogen and oxygen atoms in total. The van der Waals surface area contributed by atoms with Gasteiger partial charge in [-0.3, -0.25) is 4.79 Å². The van der Waals surface area contributed by atoms with E-state index in [9.17, 15) is 4.79 Å². The summed E-state index contributed by atoms with van der Waals surface area (Å²) in [6.07, 6.45) is 2.02. The van der Waals surface area contributed by atoms with Crippen molar-refractivity contribution in [2.75, 3.05) is 55.9 Å². The Kier molecular flexibility index (Phi) is 6.83. The molecule has 1 atom stereocenters. The first-order valence-corrected chi connectivity index (χ1v) is 11.0. The maximum atomic E-state index is 10.7. The maximum absolute atomic E-state index is 10.7. The van der Waals surface area contributed by atoms with Crippen LogP contribution in [0.25, 0.3) is 10.9 Å². The first kappa shape index (κ1) is 21.4. The fraction of sp³-hybridized carbons (Fsp3) is 0.524. The first-order valence-electron chi connectivity index (χ1n) is 10.2. The van der Waals surface area contributed by atoms with Crippen molar-refractivity contribution >= 4 is 51.6 Å². The molecule has 0 radical (unpaired) electrons. The van der Waals surface area contributed by atoms with Crippen LogP contribution in [-0.2, 0) is 14.3 Å². The van der Waals surface area contributed by atoms with Gasteiger partial charge in [-0.05, 0) is 25.0 Å². The van der Waals surface area contributed by atoms with Crippen LogP contribution in [0, 0.1) is 0 Å². The largest absolute Gasteiger partial charge is 0.481 e. The van der Waals surface area contributed by atoms with E-state index in [2.05, 4.69) is 15.9 Å². The average Bonchev–Trinajstić information content (AvgIpc) is 3.22. The number of anilines is 2. The minimum atomic E-state index is -0.851. The highest BCUT2D eigenvalue weighted by Crippen LogP contribution is 2.38. The summed E-state index contributed by atoms with van der Waals surface area (Å²) < 4.78 is 11.2. The number of pyridine rings is 1. The van der Waals surface area contributed by atoms with Crippen molar-refractivity contribution in [3.05, 3.63) is 28.2 Å². The number of hydrogen-bond acceptors (Lipinski definition) is 6. The highest BCUT2D eigenvalue weighted by Gasteiger charge is 2.28. The number of aromatic nitrogens is 1. The van der Waals surface area contributed by atoms with Crippen LogP contribution in [0.4, 0.5) is 11.5 Å². The summed E-state index contributed by atoms with van der Waals surface area (Å²) in [7, 11) is 0. The van der Waals surface area contributed by atoms with Crippen molar-refractivity contribution < 1.29 is 19.4 Å². The summed E-state index contributed by atoms with van der Waals surface area (Å²) in [4.78, 5) is 20.1. The lowest BCUT2D eigenvalue weighted by Crippen LogP contribution is -2.37. The minimum absolute atomic E-state index is 0.0101. The van der Waals surface area contributed by atoms with Gasteiger partial charge in [0.25, 0.3) is 0 Å². The van der Waals surface area contributed by atoms with E-state index in [1.54, 1.807) is 0 Å². The number of halogens is 2. The van der Waals surface area contributed by atoms with Crippen molar-refractivity contribution in [1.82, 2.24) is 4.98 Å². The Morgan fingerprint density at radius 1 is 1.27 bits per heavy atom. The lowest BCUT2D eigenvalue weighted by atomic mass is 10.1. The standard InChI is InChI=1S/C21H25Cl2N3O4/c22-16-4-3-15-17(25-7-10-29-11-8-25)12-18(24-21(15)20(16)23)26-6-1-2-14(26)13-30-9-5-19(27)28/h3-4,12,14H,1-2,5-11,13H2,(H,27,28)/t14-/m0/s1. The van der Waals surface area contributed by atoms with Gasteiger partial charge in [0.1, 0.15) is 5.82 Å². The highest BCUT2D eigenvalue weighted by atomic mass is 35.5. The van der Waals surface area contributed by atoms with Gasteiger partial charge in [-0.2, -0.15) is 0 Å². The Morgan fingerprint density at radius 3 is 2.83 bits per heavy atom. The number of benzene rings is 1. The Labute approximate surface area is 185 Å². The van der Waals surface area contributed by atoms with E-state index in [1.165, 1.54) is 0 Å². The predicted octanol–water partition coefficient (Wildman–Crippen LogP) is 3.84. The molecule has 2 aliphatic rings. The number of carbonyl (C=O) groups is 1. The van der Waals surface area contributed by atoms with Gasteiger partial charge < -0.3 is 24.4 Å². The molecule has 0 saturated carbocycles. The van der Waals surface area contributed by atoms with Crippen LogP contribution in [0.1, 0.15) is 19.3 Å². The summed E-state index contributed by atoms with van der Waals surface area (Å²) in [6.45, 7) is 4.54. The number of fused-ring (bicyclic) bond motifs is 1. The average molecular weight is 454 g/mol. The number of rotatable bonds is 7. The zero-order valence-electron chi connectivity index (χ0n) is 16.6. The summed E-state index contributed by atoms with van der Waals surface area (Å²) >= 11 is 12.8. The first-order chi connectivity index (χ1) is 14.5. The van der Waals surface area contributed by atoms with Crippen molar-refractivity contribution in [3.63, 3.8) is 0 Å². The van der Waals surface area contributed by atoms with Crippen molar-refractivity contribution in [2.24, 2.45) is 0 Å². The molecule has 1 aromatic carbocycles. The zero-order valence-corrected chi connectivity index (χ0v) is 18.2. The fourth-order valence-electron chi connectivity index (χ4n) is 4.11. The second-order valence-electron chi connectivity index (χ2n) is 7.56.